The van der Waals surface area contributed by atoms with Crippen LogP contribution in [-0.4, -0.2) is 59.1 Å². The predicted molar refractivity (Wildman–Crippen MR) is 78.2 cm³/mol. The van der Waals surface area contributed by atoms with E-state index in [2.05, 4.69) is 39.0 Å². The highest BCUT2D eigenvalue weighted by Gasteiger charge is 2.22. The zero-order valence-electron chi connectivity index (χ0n) is 12.2. The van der Waals surface area contributed by atoms with Gasteiger partial charge in [0, 0.05) is 24.8 Å². The number of hydrogen-bond donors (Lipinski definition) is 2. The Morgan fingerprint density at radius 3 is 2.60 bits per heavy atom. The van der Waals surface area contributed by atoms with E-state index in [1.165, 1.54) is 0 Å². The Kier molecular flexibility index (Phi) is 4.39. The third-order valence-electron chi connectivity index (χ3n) is 3.69. The fourth-order valence-corrected chi connectivity index (χ4v) is 2.46. The lowest BCUT2D eigenvalue weighted by atomic mass is 10.0. The number of oxime groups is 1. The first-order valence-electron chi connectivity index (χ1n) is 6.76. The van der Waals surface area contributed by atoms with Gasteiger partial charge in [-0.2, -0.15) is 0 Å². The summed E-state index contributed by atoms with van der Waals surface area (Å²) in [5.41, 5.74) is 6.88. The number of piperidine rings is 1. The lowest BCUT2D eigenvalue weighted by Gasteiger charge is -2.35. The molecule has 0 unspecified atom stereocenters. The van der Waals surface area contributed by atoms with Gasteiger partial charge in [-0.1, -0.05) is 5.16 Å². The SMILES string of the molecule is Cc1cc(/C(N)=N/O)nc(N2CCC(N(C)C)CC2)n1. The molecule has 110 valence electrons. The summed E-state index contributed by atoms with van der Waals surface area (Å²) in [6, 6.07) is 2.32. The second-order valence-electron chi connectivity index (χ2n) is 5.36. The van der Waals surface area contributed by atoms with Crippen LogP contribution in [0, 0.1) is 6.92 Å². The lowest BCUT2D eigenvalue weighted by Crippen LogP contribution is -2.42. The summed E-state index contributed by atoms with van der Waals surface area (Å²) in [5.74, 6) is 0.670. The molecule has 0 bridgehead atoms. The quantitative estimate of drug-likeness (QED) is 0.360. The average Bonchev–Trinajstić information content (AvgIpc) is 2.45. The number of rotatable bonds is 3. The maximum atomic E-state index is 8.76. The fourth-order valence-electron chi connectivity index (χ4n) is 2.46. The van der Waals surface area contributed by atoms with Crippen molar-refractivity contribution >= 4 is 11.8 Å². The van der Waals surface area contributed by atoms with Gasteiger partial charge in [0.05, 0.1) is 0 Å². The molecule has 1 aromatic heterocycles. The molecule has 0 spiro atoms. The maximum Gasteiger partial charge on any atom is 0.226 e. The summed E-state index contributed by atoms with van der Waals surface area (Å²) < 4.78 is 0. The van der Waals surface area contributed by atoms with Gasteiger partial charge in [0.25, 0.3) is 0 Å². The lowest BCUT2D eigenvalue weighted by molar-refractivity contribution is 0.249. The van der Waals surface area contributed by atoms with E-state index in [0.717, 1.165) is 31.6 Å². The minimum Gasteiger partial charge on any atom is -0.409 e. The van der Waals surface area contributed by atoms with Crippen LogP contribution >= 0.6 is 0 Å². The molecule has 0 radical (unpaired) electrons. The fraction of sp³-hybridized carbons (Fsp3) is 0.615. The van der Waals surface area contributed by atoms with E-state index < -0.39 is 0 Å². The summed E-state index contributed by atoms with van der Waals surface area (Å²) in [7, 11) is 4.22. The Labute approximate surface area is 119 Å². The van der Waals surface area contributed by atoms with Gasteiger partial charge in [-0.3, -0.25) is 0 Å². The molecule has 2 rings (SSSR count). The van der Waals surface area contributed by atoms with E-state index >= 15 is 0 Å². The minimum atomic E-state index is 0.0138. The molecule has 1 aliphatic rings. The number of hydrogen-bond acceptors (Lipinski definition) is 6. The Morgan fingerprint density at radius 1 is 1.40 bits per heavy atom. The average molecular weight is 278 g/mol. The second-order valence-corrected chi connectivity index (χ2v) is 5.36. The van der Waals surface area contributed by atoms with Crippen molar-refractivity contribution in [2.45, 2.75) is 25.8 Å². The van der Waals surface area contributed by atoms with E-state index in [1.807, 2.05) is 6.92 Å². The first kappa shape index (κ1) is 14.5. The van der Waals surface area contributed by atoms with Crippen molar-refractivity contribution in [1.82, 2.24) is 14.9 Å². The van der Waals surface area contributed by atoms with Crippen molar-refractivity contribution in [2.24, 2.45) is 10.9 Å². The minimum absolute atomic E-state index is 0.0138. The van der Waals surface area contributed by atoms with Crippen LogP contribution in [0.5, 0.6) is 0 Å². The first-order valence-corrected chi connectivity index (χ1v) is 6.76. The van der Waals surface area contributed by atoms with E-state index in [1.54, 1.807) is 6.07 Å². The molecule has 0 aliphatic carbocycles. The van der Waals surface area contributed by atoms with Crippen LogP contribution in [0.15, 0.2) is 11.2 Å². The monoisotopic (exact) mass is 278 g/mol. The van der Waals surface area contributed by atoms with Crippen molar-refractivity contribution in [1.29, 1.82) is 0 Å². The summed E-state index contributed by atoms with van der Waals surface area (Å²) in [4.78, 5) is 13.3. The number of amidine groups is 1. The second kappa shape index (κ2) is 6.04. The zero-order valence-corrected chi connectivity index (χ0v) is 12.2. The van der Waals surface area contributed by atoms with Crippen LogP contribution in [0.3, 0.4) is 0 Å². The summed E-state index contributed by atoms with van der Waals surface area (Å²) >= 11 is 0. The number of nitrogens with two attached hydrogens (primary N) is 1. The van der Waals surface area contributed by atoms with Gasteiger partial charge < -0.3 is 20.7 Å². The molecule has 1 fully saturated rings. The molecule has 3 N–H and O–H groups in total. The molecule has 0 aromatic carbocycles. The Morgan fingerprint density at radius 2 is 2.05 bits per heavy atom. The van der Waals surface area contributed by atoms with Crippen LogP contribution in [0.25, 0.3) is 0 Å². The van der Waals surface area contributed by atoms with Crippen molar-refractivity contribution in [3.63, 3.8) is 0 Å². The maximum absolute atomic E-state index is 8.76. The van der Waals surface area contributed by atoms with Crippen LogP contribution in [0.4, 0.5) is 5.95 Å². The molecule has 7 nitrogen and oxygen atoms in total. The molecule has 7 heteroatoms. The standard InChI is InChI=1S/C13H22N6O/c1-9-8-11(12(14)17-20)16-13(15-9)19-6-4-10(5-7-19)18(2)3/h8,10,20H,4-7H2,1-3H3,(H2,14,17). The highest BCUT2D eigenvalue weighted by Crippen LogP contribution is 2.19. The summed E-state index contributed by atoms with van der Waals surface area (Å²) in [6.07, 6.45) is 2.17. The van der Waals surface area contributed by atoms with Crippen molar-refractivity contribution in [2.75, 3.05) is 32.1 Å². The van der Waals surface area contributed by atoms with Gasteiger partial charge in [-0.15, -0.1) is 0 Å². The first-order chi connectivity index (χ1) is 9.51. The van der Waals surface area contributed by atoms with Gasteiger partial charge in [-0.05, 0) is 39.9 Å². The third-order valence-corrected chi connectivity index (χ3v) is 3.69. The molecular formula is C13H22N6O. The van der Waals surface area contributed by atoms with Gasteiger partial charge in [0.1, 0.15) is 5.69 Å². The highest BCUT2D eigenvalue weighted by molar-refractivity contribution is 5.95. The molecule has 0 amide bonds. The molecule has 1 aromatic rings. The largest absolute Gasteiger partial charge is 0.409 e. The van der Waals surface area contributed by atoms with Gasteiger partial charge in [-0.25, -0.2) is 9.97 Å². The van der Waals surface area contributed by atoms with Crippen LogP contribution in [0.2, 0.25) is 0 Å². The molecule has 20 heavy (non-hydrogen) atoms. The third kappa shape index (κ3) is 3.16. The van der Waals surface area contributed by atoms with Gasteiger partial charge >= 0.3 is 0 Å². The predicted octanol–water partition coefficient (Wildman–Crippen LogP) is 0.410. The molecule has 1 aliphatic heterocycles. The van der Waals surface area contributed by atoms with E-state index in [0.29, 0.717) is 17.7 Å². The molecular weight excluding hydrogens is 256 g/mol. The normalized spacial score (nSPS) is 17.8. The summed E-state index contributed by atoms with van der Waals surface area (Å²) in [5, 5.41) is 11.8. The molecule has 1 saturated heterocycles. The van der Waals surface area contributed by atoms with Gasteiger partial charge in [0.2, 0.25) is 5.95 Å². The number of anilines is 1. The number of aryl methyl sites for hydroxylation is 1. The van der Waals surface area contributed by atoms with Crippen molar-refractivity contribution in [3.8, 4) is 0 Å². The van der Waals surface area contributed by atoms with Crippen LogP contribution in [0.1, 0.15) is 24.2 Å². The van der Waals surface area contributed by atoms with Crippen LogP contribution < -0.4 is 10.6 Å². The Balaban J connectivity index is 2.16. The van der Waals surface area contributed by atoms with E-state index in [9.17, 15) is 0 Å². The zero-order chi connectivity index (χ0) is 14.7. The van der Waals surface area contributed by atoms with E-state index in [-0.39, 0.29) is 5.84 Å². The number of nitrogens with zero attached hydrogens (tertiary/aromatic N) is 5. The van der Waals surface area contributed by atoms with E-state index in [4.69, 9.17) is 10.9 Å². The molecule has 2 heterocycles. The highest BCUT2D eigenvalue weighted by atomic mass is 16.4. The Bertz CT molecular complexity index is 494. The van der Waals surface area contributed by atoms with Crippen LogP contribution in [-0.2, 0) is 0 Å². The van der Waals surface area contributed by atoms with Crippen molar-refractivity contribution < 1.29 is 5.21 Å². The van der Waals surface area contributed by atoms with Crippen molar-refractivity contribution in [3.05, 3.63) is 17.5 Å². The number of aromatic nitrogens is 2. The van der Waals surface area contributed by atoms with Gasteiger partial charge in [0.15, 0.2) is 5.84 Å². The molecule has 0 saturated carbocycles. The Hall–Kier alpha value is -1.89. The smallest absolute Gasteiger partial charge is 0.226 e. The molecule has 0 atom stereocenters. The summed E-state index contributed by atoms with van der Waals surface area (Å²) in [6.45, 7) is 3.72. The topological polar surface area (TPSA) is 90.9 Å².